The molecule has 1 aromatic heterocycles. The molecular formula is C56H67ClF2N4O8S. The number of Topliss-reactive ketones (excluding diaryl/α,β-unsaturated/α-hetero) is 1. The molecule has 2 aromatic carbocycles. The SMILES string of the molecule is C=C[C@@]1(C)C[C@H](OC(=O)CSC2CC3CCC(C2)N3C)[C@@]2(C)C(C)CCC3(CCC(=O)C32)[C@H](C)[C@H]1OC(=O)c1ccccc1OC(=O)c1cn(C2C[C@@H]2F)c2c(Cl)c(N3C[C@@H](N)C4(CC4)C3)c(F)cc2c1=O. The average molecular weight is 1030 g/mol. The van der Waals surface area contributed by atoms with Crippen LogP contribution in [0.25, 0.3) is 10.9 Å². The second kappa shape index (κ2) is 17.9. The maximum Gasteiger partial charge on any atom is 0.349 e. The van der Waals surface area contributed by atoms with E-state index in [1.54, 1.807) is 34.9 Å². The fourth-order valence-electron chi connectivity index (χ4n) is 15.1. The van der Waals surface area contributed by atoms with Gasteiger partial charge < -0.3 is 34.3 Å². The Morgan fingerprint density at radius 1 is 0.986 bits per heavy atom. The molecule has 8 fully saturated rings. The largest absolute Gasteiger partial charge is 0.461 e. The number of halogens is 3. The molecule has 11 rings (SSSR count). The van der Waals surface area contributed by atoms with Crippen molar-refractivity contribution in [3.8, 4) is 5.75 Å². The van der Waals surface area contributed by atoms with Gasteiger partial charge in [-0.2, -0.15) is 0 Å². The van der Waals surface area contributed by atoms with E-state index >= 15 is 4.39 Å². The van der Waals surface area contributed by atoms with Gasteiger partial charge in [-0.05, 0) is 101 Å². The molecule has 4 bridgehead atoms. The fraction of sp³-hybridized carbons (Fsp3) is 0.625. The molecule has 386 valence electrons. The number of fused-ring (bicyclic) bond motifs is 3. The molecule has 13 atom stereocenters. The lowest BCUT2D eigenvalue weighted by Gasteiger charge is -2.62. The van der Waals surface area contributed by atoms with E-state index in [1.807, 2.05) is 6.92 Å². The number of nitrogens with two attached hydrogens (primary N) is 1. The van der Waals surface area contributed by atoms with Crippen LogP contribution in [0.1, 0.15) is 132 Å². The zero-order valence-electron chi connectivity index (χ0n) is 41.9. The molecule has 3 aliphatic heterocycles. The quantitative estimate of drug-likeness (QED) is 0.111. The van der Waals surface area contributed by atoms with Gasteiger partial charge in [0.15, 0.2) is 0 Å². The van der Waals surface area contributed by atoms with Crippen LogP contribution >= 0.6 is 23.4 Å². The number of carbonyl (C=O) groups excluding carboxylic acids is 4. The molecule has 12 nitrogen and oxygen atoms in total. The van der Waals surface area contributed by atoms with E-state index in [0.29, 0.717) is 43.3 Å². The lowest BCUT2D eigenvalue weighted by Crippen LogP contribution is -2.63. The van der Waals surface area contributed by atoms with Gasteiger partial charge in [-0.3, -0.25) is 14.4 Å². The van der Waals surface area contributed by atoms with Crippen LogP contribution in [-0.4, -0.2) is 101 Å². The molecule has 72 heavy (non-hydrogen) atoms. The molecule has 8 aliphatic rings. The Balaban J connectivity index is 0.882. The van der Waals surface area contributed by atoms with Gasteiger partial charge in [0.2, 0.25) is 5.43 Å². The summed E-state index contributed by atoms with van der Waals surface area (Å²) in [7, 11) is 2.20. The molecule has 16 heteroatoms. The van der Waals surface area contributed by atoms with Crippen molar-refractivity contribution >= 4 is 63.6 Å². The van der Waals surface area contributed by atoms with Crippen LogP contribution < -0.4 is 20.8 Å². The summed E-state index contributed by atoms with van der Waals surface area (Å²) >= 11 is 8.66. The number of alkyl halides is 1. The molecule has 3 aromatic rings. The molecule has 0 amide bonds. The molecule has 1 spiro atoms. The Morgan fingerprint density at radius 2 is 1.69 bits per heavy atom. The highest BCUT2D eigenvalue weighted by molar-refractivity contribution is 8.00. The predicted octanol–water partition coefficient (Wildman–Crippen LogP) is 9.65. The summed E-state index contributed by atoms with van der Waals surface area (Å²) in [6.45, 7) is 13.5. The Bertz CT molecular complexity index is 2830. The highest BCUT2D eigenvalue weighted by Crippen LogP contribution is 2.68. The normalized spacial score (nSPS) is 37.5. The predicted molar refractivity (Wildman–Crippen MR) is 273 cm³/mol. The molecule has 6 unspecified atom stereocenters. The maximum atomic E-state index is 16.2. The van der Waals surface area contributed by atoms with Crippen LogP contribution in [0.3, 0.4) is 0 Å². The van der Waals surface area contributed by atoms with Crippen molar-refractivity contribution in [1.82, 2.24) is 9.47 Å². The highest BCUT2D eigenvalue weighted by atomic mass is 35.5. The third kappa shape index (κ3) is 7.89. The number of anilines is 1. The van der Waals surface area contributed by atoms with Crippen molar-refractivity contribution in [2.45, 2.75) is 153 Å². The minimum absolute atomic E-state index is 0.0571. The number of esters is 3. The zero-order valence-corrected chi connectivity index (χ0v) is 43.5. The van der Waals surface area contributed by atoms with Crippen LogP contribution in [0.2, 0.25) is 5.02 Å². The van der Waals surface area contributed by atoms with Gasteiger partial charge >= 0.3 is 17.9 Å². The van der Waals surface area contributed by atoms with Gasteiger partial charge in [-0.25, -0.2) is 18.4 Å². The molecule has 3 saturated heterocycles. The van der Waals surface area contributed by atoms with E-state index in [4.69, 9.17) is 31.5 Å². The van der Waals surface area contributed by atoms with E-state index < -0.39 is 75.3 Å². The number of hydrogen-bond acceptors (Lipinski definition) is 12. The third-order valence-corrected chi connectivity index (χ3v) is 21.5. The Hall–Kier alpha value is -4.31. The van der Waals surface area contributed by atoms with E-state index in [-0.39, 0.29) is 86.6 Å². The van der Waals surface area contributed by atoms with Crippen LogP contribution in [0.4, 0.5) is 14.5 Å². The van der Waals surface area contributed by atoms with Gasteiger partial charge in [0.1, 0.15) is 46.9 Å². The van der Waals surface area contributed by atoms with Crippen molar-refractivity contribution in [2.75, 3.05) is 30.8 Å². The number of ketones is 1. The first-order valence-electron chi connectivity index (χ1n) is 26.2. The van der Waals surface area contributed by atoms with Crippen molar-refractivity contribution in [2.24, 2.45) is 45.1 Å². The van der Waals surface area contributed by atoms with Crippen molar-refractivity contribution in [3.63, 3.8) is 0 Å². The average Bonchev–Trinajstić information content (AvgIpc) is 4.22. The minimum atomic E-state index is -1.29. The topological polar surface area (TPSA) is 150 Å². The zero-order chi connectivity index (χ0) is 51.0. The van der Waals surface area contributed by atoms with Crippen LogP contribution in [0.5, 0.6) is 5.75 Å². The summed E-state index contributed by atoms with van der Waals surface area (Å²) in [6.07, 6.45) is 9.30. The summed E-state index contributed by atoms with van der Waals surface area (Å²) in [5.74, 6) is -3.61. The number of piperidine rings is 1. The summed E-state index contributed by atoms with van der Waals surface area (Å²) in [6, 6.07) is 7.24. The number of ether oxygens (including phenoxy) is 3. The number of hydrogen-bond donors (Lipinski definition) is 1. The van der Waals surface area contributed by atoms with Crippen LogP contribution in [0.15, 0.2) is 54.0 Å². The fourth-order valence-corrected chi connectivity index (χ4v) is 16.6. The number of thioether (sulfide) groups is 1. The second-order valence-electron chi connectivity index (χ2n) is 23.7. The monoisotopic (exact) mass is 1030 g/mol. The molecule has 5 aliphatic carbocycles. The van der Waals surface area contributed by atoms with E-state index in [0.717, 1.165) is 44.6 Å². The number of pyridine rings is 1. The van der Waals surface area contributed by atoms with E-state index in [2.05, 4.69) is 39.3 Å². The van der Waals surface area contributed by atoms with Crippen molar-refractivity contribution in [3.05, 3.63) is 81.4 Å². The lowest BCUT2D eigenvalue weighted by atomic mass is 9.44. The number of benzene rings is 2. The Labute approximate surface area is 429 Å². The number of carbonyl (C=O) groups is 4. The third-order valence-electron chi connectivity index (χ3n) is 19.9. The Kier molecular flexibility index (Phi) is 12.4. The van der Waals surface area contributed by atoms with E-state index in [9.17, 15) is 28.4 Å². The summed E-state index contributed by atoms with van der Waals surface area (Å²) in [5, 5.41) is 0.0943. The lowest BCUT2D eigenvalue weighted by molar-refractivity contribution is -0.205. The number of nitrogens with zero attached hydrogens (tertiary/aromatic N) is 3. The summed E-state index contributed by atoms with van der Waals surface area (Å²) < 4.78 is 51.9. The first-order chi connectivity index (χ1) is 34.2. The number of rotatable bonds is 11. The van der Waals surface area contributed by atoms with Crippen molar-refractivity contribution < 1.29 is 42.2 Å². The molecule has 0 radical (unpaired) electrons. The standard InChI is InChI=1S/C56H67ClF2N4O8S/c1-7-53(4)24-43(70-44(65)27-72-33-20-31-12-13-32(21-33)61(31)6)54(5)29(2)14-16-56(17-15-40(64)49(54)56)30(3)50(53)71-51(67)34-10-8-9-11-41(34)69-52(68)36-25-63(39-23-37(39)58)46-35(48(36)66)22-38(59)47(45(46)57)62-26-42(60)55(28-62)18-19-55/h7-11,22,25,29-33,37,39,42-43,49-50H,1,12-21,23-24,26-28,60H2,2-6H3/t29?,30-,31?,32?,33?,37+,39?,42-,43+,49?,50-,53+,54-,56?/m1/s1. The second-order valence-corrected chi connectivity index (χ2v) is 25.3. The van der Waals surface area contributed by atoms with Gasteiger partial charge in [-0.1, -0.05) is 57.5 Å². The highest BCUT2D eigenvalue weighted by Gasteiger charge is 2.69. The van der Waals surface area contributed by atoms with E-state index in [1.165, 1.54) is 35.7 Å². The maximum absolute atomic E-state index is 16.2. The van der Waals surface area contributed by atoms with Gasteiger partial charge in [0.05, 0.1) is 33.4 Å². The summed E-state index contributed by atoms with van der Waals surface area (Å²) in [4.78, 5) is 76.2. The summed E-state index contributed by atoms with van der Waals surface area (Å²) in [5.41, 5.74) is 2.85. The number of para-hydroxylation sites is 1. The Morgan fingerprint density at radius 3 is 2.36 bits per heavy atom. The molecule has 2 N–H and O–H groups in total. The smallest absolute Gasteiger partial charge is 0.349 e. The first kappa shape index (κ1) is 49.9. The molecule has 5 saturated carbocycles. The van der Waals surface area contributed by atoms with Crippen LogP contribution in [-0.2, 0) is 19.1 Å². The van der Waals surface area contributed by atoms with Gasteiger partial charge in [0.25, 0.3) is 0 Å². The number of aromatic nitrogens is 1. The van der Waals surface area contributed by atoms with Crippen molar-refractivity contribution in [1.29, 1.82) is 0 Å². The van der Waals surface area contributed by atoms with Gasteiger partial charge in [-0.15, -0.1) is 18.3 Å². The van der Waals surface area contributed by atoms with Gasteiger partial charge in [0, 0.05) is 83.6 Å². The minimum Gasteiger partial charge on any atom is -0.461 e. The molecular weight excluding hydrogens is 962 g/mol. The first-order valence-corrected chi connectivity index (χ1v) is 27.6. The molecule has 4 heterocycles. The van der Waals surface area contributed by atoms with Crippen LogP contribution in [0, 0.1) is 45.2 Å².